The molecule has 1 aromatic heterocycles. The molecule has 0 aliphatic carbocycles. The summed E-state index contributed by atoms with van der Waals surface area (Å²) in [6.45, 7) is 0. The number of hydrogen-bond donors (Lipinski definition) is 3. The molecule has 6 heteroatoms. The van der Waals surface area contributed by atoms with Crippen LogP contribution in [0.2, 0.25) is 0 Å². The maximum Gasteiger partial charge on any atom is 0.488 e. The number of pyridine rings is 1. The van der Waals surface area contributed by atoms with E-state index in [9.17, 15) is 4.79 Å². The van der Waals surface area contributed by atoms with Crippen molar-refractivity contribution >= 4 is 34.9 Å². The topological polar surface area (TPSA) is 82.5 Å². The minimum absolute atomic E-state index is 0.129. The van der Waals surface area contributed by atoms with E-state index in [1.807, 2.05) is 24.3 Å². The van der Waals surface area contributed by atoms with Crippen LogP contribution in [0.4, 0.5) is 5.69 Å². The van der Waals surface area contributed by atoms with Crippen molar-refractivity contribution in [2.24, 2.45) is 0 Å². The molecule has 0 fully saturated rings. The average Bonchev–Trinajstić information content (AvgIpc) is 2.55. The van der Waals surface area contributed by atoms with Crippen LogP contribution in [0.5, 0.6) is 0 Å². The van der Waals surface area contributed by atoms with Crippen molar-refractivity contribution in [1.82, 2.24) is 4.98 Å². The lowest BCUT2D eigenvalue weighted by atomic mass is 9.80. The highest BCUT2D eigenvalue weighted by Gasteiger charge is 2.11. The Labute approximate surface area is 133 Å². The first-order valence-corrected chi connectivity index (χ1v) is 7.20. The predicted molar refractivity (Wildman–Crippen MR) is 90.3 cm³/mol. The summed E-state index contributed by atoms with van der Waals surface area (Å²) in [5.41, 5.74) is 1.94. The Morgan fingerprint density at radius 2 is 1.83 bits per heavy atom. The summed E-state index contributed by atoms with van der Waals surface area (Å²) >= 11 is 0. The van der Waals surface area contributed by atoms with Crippen LogP contribution in [0.1, 0.15) is 5.56 Å². The molecule has 0 spiro atoms. The lowest BCUT2D eigenvalue weighted by Gasteiger charge is -2.07. The highest BCUT2D eigenvalue weighted by Crippen LogP contribution is 2.18. The number of aromatic nitrogens is 1. The van der Waals surface area contributed by atoms with Gasteiger partial charge >= 0.3 is 7.12 Å². The van der Waals surface area contributed by atoms with Crippen LogP contribution >= 0.6 is 0 Å². The molecule has 0 aliphatic heterocycles. The molecule has 3 aromatic rings. The molecule has 0 unspecified atom stereocenters. The number of benzene rings is 2. The molecule has 23 heavy (non-hydrogen) atoms. The molecule has 3 rings (SSSR count). The third-order valence-corrected chi connectivity index (χ3v) is 3.57. The summed E-state index contributed by atoms with van der Waals surface area (Å²) in [5, 5.41) is 23.0. The summed E-state index contributed by atoms with van der Waals surface area (Å²) in [6.07, 6.45) is 3.71. The van der Waals surface area contributed by atoms with Crippen LogP contribution in [0.3, 0.4) is 0 Å². The van der Waals surface area contributed by atoms with Gasteiger partial charge in [0.2, 0.25) is 5.91 Å². The van der Waals surface area contributed by atoms with E-state index in [1.165, 1.54) is 0 Å². The van der Waals surface area contributed by atoms with Gasteiger partial charge in [-0.05, 0) is 34.6 Å². The maximum absolute atomic E-state index is 12.1. The lowest BCUT2D eigenvalue weighted by molar-refractivity contribution is -0.115. The molecule has 1 heterocycles. The molecule has 1 amide bonds. The van der Waals surface area contributed by atoms with Gasteiger partial charge in [-0.15, -0.1) is 0 Å². The Kier molecular flexibility index (Phi) is 4.37. The van der Waals surface area contributed by atoms with E-state index in [0.29, 0.717) is 5.46 Å². The van der Waals surface area contributed by atoms with Crippen molar-refractivity contribution in [3.63, 3.8) is 0 Å². The third-order valence-electron chi connectivity index (χ3n) is 3.57. The summed E-state index contributed by atoms with van der Waals surface area (Å²) in [5.74, 6) is -0.129. The summed E-state index contributed by atoms with van der Waals surface area (Å²) in [7, 11) is -1.50. The van der Waals surface area contributed by atoms with E-state index in [-0.39, 0.29) is 12.3 Å². The molecule has 0 radical (unpaired) electrons. The second-order valence-corrected chi connectivity index (χ2v) is 5.28. The zero-order valence-electron chi connectivity index (χ0n) is 12.3. The summed E-state index contributed by atoms with van der Waals surface area (Å²) in [6, 6.07) is 14.2. The largest absolute Gasteiger partial charge is 0.488 e. The van der Waals surface area contributed by atoms with Crippen molar-refractivity contribution in [2.75, 3.05) is 5.32 Å². The second kappa shape index (κ2) is 6.60. The molecule has 2 aromatic carbocycles. The first kappa shape index (κ1) is 15.2. The Bertz CT molecular complexity index is 835. The van der Waals surface area contributed by atoms with Gasteiger partial charge in [0, 0.05) is 23.5 Å². The molecule has 0 atom stereocenters. The third kappa shape index (κ3) is 3.74. The minimum Gasteiger partial charge on any atom is -0.423 e. The normalized spacial score (nSPS) is 10.5. The van der Waals surface area contributed by atoms with Crippen molar-refractivity contribution in [3.8, 4) is 0 Å². The van der Waals surface area contributed by atoms with E-state index >= 15 is 0 Å². The van der Waals surface area contributed by atoms with E-state index in [1.54, 1.807) is 36.7 Å². The molecular weight excluding hydrogens is 291 g/mol. The molecule has 5 nitrogen and oxygen atoms in total. The van der Waals surface area contributed by atoms with Crippen molar-refractivity contribution in [1.29, 1.82) is 0 Å². The molecule has 0 aliphatic rings. The molecule has 0 saturated heterocycles. The first-order valence-electron chi connectivity index (χ1n) is 7.20. The lowest BCUT2D eigenvalue weighted by Crippen LogP contribution is -2.29. The number of carbonyl (C=O) groups is 1. The zero-order chi connectivity index (χ0) is 16.2. The van der Waals surface area contributed by atoms with Crippen LogP contribution < -0.4 is 10.8 Å². The van der Waals surface area contributed by atoms with Gasteiger partial charge in [0.15, 0.2) is 0 Å². The SMILES string of the molecule is O=C(Cc1ccc(B(O)O)cc1)Nc1ccc2cnccc2c1. The minimum atomic E-state index is -1.50. The van der Waals surface area contributed by atoms with Crippen LogP contribution in [0, 0.1) is 0 Å². The Morgan fingerprint density at radius 1 is 1.04 bits per heavy atom. The Balaban J connectivity index is 1.68. The predicted octanol–water partition coefficient (Wildman–Crippen LogP) is 1.10. The fourth-order valence-corrected chi connectivity index (χ4v) is 2.36. The van der Waals surface area contributed by atoms with Crippen LogP contribution in [0.25, 0.3) is 10.8 Å². The van der Waals surface area contributed by atoms with Gasteiger partial charge in [0.25, 0.3) is 0 Å². The van der Waals surface area contributed by atoms with Gasteiger partial charge in [-0.3, -0.25) is 9.78 Å². The number of hydrogen-bond acceptors (Lipinski definition) is 4. The quantitative estimate of drug-likeness (QED) is 0.630. The molecule has 114 valence electrons. The molecule has 0 saturated carbocycles. The van der Waals surface area contributed by atoms with E-state index < -0.39 is 7.12 Å². The number of amides is 1. The van der Waals surface area contributed by atoms with Gasteiger partial charge in [-0.1, -0.05) is 30.3 Å². The van der Waals surface area contributed by atoms with Crippen molar-refractivity contribution < 1.29 is 14.8 Å². The van der Waals surface area contributed by atoms with E-state index in [4.69, 9.17) is 10.0 Å². The average molecular weight is 306 g/mol. The number of rotatable bonds is 4. The van der Waals surface area contributed by atoms with Crippen LogP contribution in [0.15, 0.2) is 60.9 Å². The van der Waals surface area contributed by atoms with Gasteiger partial charge in [0.05, 0.1) is 6.42 Å². The Hall–Kier alpha value is -2.70. The first-order chi connectivity index (χ1) is 11.1. The summed E-state index contributed by atoms with van der Waals surface area (Å²) < 4.78 is 0. The van der Waals surface area contributed by atoms with Gasteiger partial charge in [0.1, 0.15) is 0 Å². The molecular formula is C17H15BN2O3. The van der Waals surface area contributed by atoms with Crippen LogP contribution in [-0.4, -0.2) is 28.1 Å². The fraction of sp³-hybridized carbons (Fsp3) is 0.0588. The maximum atomic E-state index is 12.1. The second-order valence-electron chi connectivity index (χ2n) is 5.28. The highest BCUT2D eigenvalue weighted by atomic mass is 16.4. The monoisotopic (exact) mass is 306 g/mol. The molecule has 3 N–H and O–H groups in total. The summed E-state index contributed by atoms with van der Waals surface area (Å²) in [4.78, 5) is 16.2. The van der Waals surface area contributed by atoms with Crippen molar-refractivity contribution in [3.05, 3.63) is 66.5 Å². The van der Waals surface area contributed by atoms with E-state index in [2.05, 4.69) is 10.3 Å². The smallest absolute Gasteiger partial charge is 0.423 e. The number of nitrogens with one attached hydrogen (secondary N) is 1. The van der Waals surface area contributed by atoms with Crippen molar-refractivity contribution in [2.45, 2.75) is 6.42 Å². The number of anilines is 1. The standard InChI is InChI=1S/C17H15BN2O3/c21-17(9-12-1-4-15(5-2-12)18(22)23)20-16-6-3-14-11-19-8-7-13(14)10-16/h1-8,10-11,22-23H,9H2,(H,20,21). The molecule has 0 bridgehead atoms. The van der Waals surface area contributed by atoms with Gasteiger partial charge in [-0.25, -0.2) is 0 Å². The van der Waals surface area contributed by atoms with E-state index in [0.717, 1.165) is 22.0 Å². The van der Waals surface area contributed by atoms with Crippen LogP contribution in [-0.2, 0) is 11.2 Å². The fourth-order valence-electron chi connectivity index (χ4n) is 2.36. The highest BCUT2D eigenvalue weighted by molar-refractivity contribution is 6.58. The number of carbonyl (C=O) groups excluding carboxylic acids is 1. The number of nitrogens with zero attached hydrogens (tertiary/aromatic N) is 1. The van der Waals surface area contributed by atoms with Gasteiger partial charge < -0.3 is 15.4 Å². The Morgan fingerprint density at radius 3 is 2.57 bits per heavy atom. The zero-order valence-corrected chi connectivity index (χ0v) is 12.3. The number of fused-ring (bicyclic) bond motifs is 1. The van der Waals surface area contributed by atoms with Gasteiger partial charge in [-0.2, -0.15) is 0 Å².